The standard InChI is InChI=1S/C14H18.2C5H5.5CH3.4ClH.2Zr/c1-9-5-7-13(11(9)3)14-8-6-10(2)12(14)4;2*1-2-4-5-3-1;;;;;;;;;;;/h5-6H,7-8H2,1-4H3;2*1-3H,4H2;5*1H3;4*1H;;/q;7*-1;;;;;2*+2/p-4. The van der Waals surface area contributed by atoms with E-state index in [1.54, 1.807) is 11.1 Å². The van der Waals surface area contributed by atoms with Crippen molar-refractivity contribution in [3.63, 3.8) is 0 Å². The summed E-state index contributed by atoms with van der Waals surface area (Å²) in [6, 6.07) is 0. The number of rotatable bonds is 1. The maximum absolute atomic E-state index is 4.93. The second-order valence-electron chi connectivity index (χ2n) is 6.47. The Morgan fingerprint density at radius 1 is 0.657 bits per heavy atom. The minimum Gasteiger partial charge on any atom is 2.00 e. The summed E-state index contributed by atoms with van der Waals surface area (Å²) in [5.41, 5.74) is 9.08. The third kappa shape index (κ3) is 22.5. The molecule has 0 aromatic rings. The second kappa shape index (κ2) is 34.8. The van der Waals surface area contributed by atoms with Crippen LogP contribution in [0.2, 0.25) is 0 Å². The molecule has 0 aliphatic heterocycles. The quantitative estimate of drug-likeness (QED) is 0.350. The molecule has 0 radical (unpaired) electrons. The summed E-state index contributed by atoms with van der Waals surface area (Å²) >= 11 is -0.826. The van der Waals surface area contributed by atoms with Gasteiger partial charge in [-0.3, -0.25) is 12.2 Å². The zero-order chi connectivity index (χ0) is 20.1. The molecule has 0 saturated carbocycles. The van der Waals surface area contributed by atoms with Crippen LogP contribution >= 0.6 is 17.0 Å². The van der Waals surface area contributed by atoms with Crippen molar-refractivity contribution in [2.24, 2.45) is 0 Å². The van der Waals surface area contributed by atoms with Crippen molar-refractivity contribution in [3.8, 4) is 0 Å². The van der Waals surface area contributed by atoms with Crippen LogP contribution in [-0.4, -0.2) is 0 Å². The third-order valence-electron chi connectivity index (χ3n) is 4.85. The van der Waals surface area contributed by atoms with E-state index >= 15 is 0 Å². The summed E-state index contributed by atoms with van der Waals surface area (Å²) < 4.78 is 0. The monoisotopic (exact) mass is 711 g/mol. The van der Waals surface area contributed by atoms with Crippen molar-refractivity contribution >= 4 is 17.0 Å². The Balaban J connectivity index is -0.0000000500. The predicted octanol–water partition coefficient (Wildman–Crippen LogP) is 4.56. The van der Waals surface area contributed by atoms with Crippen LogP contribution in [0.5, 0.6) is 0 Å². The van der Waals surface area contributed by atoms with E-state index in [0.717, 1.165) is 25.7 Å². The van der Waals surface area contributed by atoms with Gasteiger partial charge in [-0.15, -0.1) is 12.8 Å². The Hall–Kier alpha value is 0.846. The molecule has 0 saturated heterocycles. The van der Waals surface area contributed by atoms with E-state index in [0.29, 0.717) is 0 Å². The first-order chi connectivity index (χ1) is 13.0. The molecule has 0 heterocycles. The fourth-order valence-electron chi connectivity index (χ4n) is 2.98. The maximum Gasteiger partial charge on any atom is 2.00 e. The van der Waals surface area contributed by atoms with Gasteiger partial charge in [-0.1, -0.05) is 23.3 Å². The Kier molecular flexibility index (Phi) is 55.9. The topological polar surface area (TPSA) is 0 Å². The third-order valence-corrected chi connectivity index (χ3v) is 4.85. The number of halogens is 4. The molecule has 4 aliphatic carbocycles. The number of hydrogen-bond donors (Lipinski definition) is 0. The van der Waals surface area contributed by atoms with Crippen molar-refractivity contribution in [2.75, 3.05) is 0 Å². The van der Waals surface area contributed by atoms with Gasteiger partial charge in [-0.2, -0.15) is 12.2 Å². The summed E-state index contributed by atoms with van der Waals surface area (Å²) in [6.07, 6.45) is 27.0. The molecule has 4 aliphatic rings. The molecular weight excluding hydrogens is 673 g/mol. The molecule has 0 fully saturated rings. The molecule has 0 atom stereocenters. The van der Waals surface area contributed by atoms with E-state index in [2.05, 4.69) is 64.2 Å². The van der Waals surface area contributed by atoms with Crippen LogP contribution in [0, 0.1) is 49.3 Å². The molecule has 0 aromatic heterocycles. The van der Waals surface area contributed by atoms with E-state index < -0.39 is 20.8 Å². The van der Waals surface area contributed by atoms with Crippen LogP contribution in [0.25, 0.3) is 0 Å². The van der Waals surface area contributed by atoms with Gasteiger partial charge >= 0.3 is 64.1 Å². The zero-order valence-corrected chi connectivity index (χ0v) is 30.9. The van der Waals surface area contributed by atoms with Gasteiger partial charge in [0.15, 0.2) is 0 Å². The van der Waals surface area contributed by atoms with Crippen LogP contribution < -0.4 is 24.8 Å². The van der Waals surface area contributed by atoms with Gasteiger partial charge < -0.3 is 61.9 Å². The Labute approximate surface area is 270 Å². The molecule has 4 rings (SSSR count). The summed E-state index contributed by atoms with van der Waals surface area (Å²) in [5.74, 6) is 0. The van der Waals surface area contributed by atoms with Crippen molar-refractivity contribution in [3.05, 3.63) is 131 Å². The van der Waals surface area contributed by atoms with Gasteiger partial charge in [-0.25, -0.2) is 24.3 Å². The number of hydrogen-bond acceptors (Lipinski definition) is 0. The smallest absolute Gasteiger partial charge is 2.00 e. The van der Waals surface area contributed by atoms with Gasteiger partial charge in [0, 0.05) is 0 Å². The van der Waals surface area contributed by atoms with Crippen molar-refractivity contribution in [2.45, 2.75) is 53.4 Å². The minimum atomic E-state index is -0.826. The van der Waals surface area contributed by atoms with Crippen molar-refractivity contribution < 1.29 is 71.9 Å². The average Bonchev–Trinajstić information content (AvgIpc) is 3.45. The Morgan fingerprint density at radius 2 is 0.943 bits per heavy atom. The molecule has 0 bridgehead atoms. The molecule has 0 nitrogen and oxygen atoms in total. The van der Waals surface area contributed by atoms with Gasteiger partial charge in [0.05, 0.1) is 0 Å². The van der Waals surface area contributed by atoms with E-state index in [1.165, 1.54) is 22.3 Å². The SMILES string of the molecule is CC1=CCC(C2=C(C)C(C)=CC2)=C1C.[C-]1=CC=CC1.[C-]1=CC=CC1.[CH3-].[CH3-].[CH3-].[CH3-].[CH3-].[Cl-].[Cl-].[Cl][Zr][Cl].[Zr+2]. The van der Waals surface area contributed by atoms with Crippen LogP contribution in [0.4, 0.5) is 0 Å². The van der Waals surface area contributed by atoms with Crippen molar-refractivity contribution in [1.82, 2.24) is 0 Å². The summed E-state index contributed by atoms with van der Waals surface area (Å²) in [7, 11) is 9.87. The van der Waals surface area contributed by atoms with Crippen LogP contribution in [0.3, 0.4) is 0 Å². The van der Waals surface area contributed by atoms with E-state index in [9.17, 15) is 0 Å². The molecular formula is C29H43Cl4Zr2-7. The molecule has 0 spiro atoms. The summed E-state index contributed by atoms with van der Waals surface area (Å²) in [4.78, 5) is 0. The molecule has 6 heteroatoms. The summed E-state index contributed by atoms with van der Waals surface area (Å²) in [6.45, 7) is 8.94. The van der Waals surface area contributed by atoms with E-state index in [-0.39, 0.29) is 88.2 Å². The summed E-state index contributed by atoms with van der Waals surface area (Å²) in [5, 5.41) is 0. The maximum atomic E-state index is 4.93. The molecule has 202 valence electrons. The zero-order valence-electron chi connectivity index (χ0n) is 23.0. The molecule has 0 N–H and O–H groups in total. The van der Waals surface area contributed by atoms with Gasteiger partial charge in [0.1, 0.15) is 0 Å². The Bertz CT molecular complexity index is 656. The fourth-order valence-corrected chi connectivity index (χ4v) is 2.98. The number of allylic oxidation sites excluding steroid dienone is 16. The van der Waals surface area contributed by atoms with E-state index in [4.69, 9.17) is 17.0 Å². The van der Waals surface area contributed by atoms with Gasteiger partial charge in [0.25, 0.3) is 0 Å². The van der Waals surface area contributed by atoms with Crippen molar-refractivity contribution in [1.29, 1.82) is 0 Å². The molecule has 0 unspecified atom stereocenters. The van der Waals surface area contributed by atoms with Gasteiger partial charge in [0.2, 0.25) is 0 Å². The molecule has 0 aromatic carbocycles. The van der Waals surface area contributed by atoms with E-state index in [1.807, 2.05) is 24.3 Å². The molecule has 0 amide bonds. The minimum absolute atomic E-state index is 0. The first-order valence-electron chi connectivity index (χ1n) is 9.16. The fraction of sp³-hybridized carbons (Fsp3) is 0.276. The first-order valence-corrected chi connectivity index (χ1v) is 15.5. The normalized spacial score (nSPS) is 14.2. The predicted molar refractivity (Wildman–Crippen MR) is 149 cm³/mol. The van der Waals surface area contributed by atoms with Crippen LogP contribution in [0.15, 0.2) is 82.0 Å². The van der Waals surface area contributed by atoms with Gasteiger partial charge in [-0.05, 0) is 62.8 Å². The second-order valence-corrected chi connectivity index (χ2v) is 10.2. The largest absolute Gasteiger partial charge is 2.00 e. The first kappa shape index (κ1) is 56.1. The van der Waals surface area contributed by atoms with Crippen LogP contribution in [0.1, 0.15) is 53.4 Å². The Morgan fingerprint density at radius 3 is 1.06 bits per heavy atom. The average molecular weight is 716 g/mol. The van der Waals surface area contributed by atoms with Crippen LogP contribution in [-0.2, 0) is 47.1 Å². The molecule has 35 heavy (non-hydrogen) atoms.